The quantitative estimate of drug-likeness (QED) is 0.236. The first-order chi connectivity index (χ1) is 17.9. The average Bonchev–Trinajstić information content (AvgIpc) is 2.93. The van der Waals surface area contributed by atoms with Gasteiger partial charge in [-0.05, 0) is 36.2 Å². The van der Waals surface area contributed by atoms with Crippen LogP contribution in [0.4, 0.5) is 5.69 Å². The molecule has 0 radical (unpaired) electrons. The third kappa shape index (κ3) is 6.00. The molecular weight excluding hydrogens is 506 g/mol. The minimum atomic E-state index is -1.12. The molecule has 4 rings (SSSR count). The summed E-state index contributed by atoms with van der Waals surface area (Å²) in [6.45, 7) is 1.86. The lowest BCUT2D eigenvalue weighted by Crippen LogP contribution is -2.25. The SMILES string of the molecule is CCC(Sc1nc(-c2ccccc2)cc(-c2ccccc2)c1C#N)C(=O)Nc1cc(C(=O)O)ccc1Cl. The van der Waals surface area contributed by atoms with E-state index in [4.69, 9.17) is 16.6 Å². The number of nitrogens with zero attached hydrogens (tertiary/aromatic N) is 2. The molecule has 3 aromatic carbocycles. The van der Waals surface area contributed by atoms with E-state index in [2.05, 4.69) is 11.4 Å². The highest BCUT2D eigenvalue weighted by Gasteiger charge is 2.24. The van der Waals surface area contributed by atoms with Gasteiger partial charge in [0.15, 0.2) is 0 Å². The molecule has 4 aromatic rings. The summed E-state index contributed by atoms with van der Waals surface area (Å²) in [6, 6.07) is 27.5. The maximum absolute atomic E-state index is 13.2. The lowest BCUT2D eigenvalue weighted by molar-refractivity contribution is -0.115. The largest absolute Gasteiger partial charge is 0.478 e. The monoisotopic (exact) mass is 527 g/mol. The Bertz CT molecular complexity index is 1490. The van der Waals surface area contributed by atoms with Crippen LogP contribution >= 0.6 is 23.4 Å². The molecule has 37 heavy (non-hydrogen) atoms. The number of nitrogens with one attached hydrogen (secondary N) is 1. The van der Waals surface area contributed by atoms with Crippen LogP contribution in [-0.2, 0) is 4.79 Å². The van der Waals surface area contributed by atoms with E-state index in [-0.39, 0.29) is 22.2 Å². The molecule has 1 atom stereocenters. The number of rotatable bonds is 8. The number of thioether (sulfide) groups is 1. The number of carboxylic acid groups (broad SMARTS) is 1. The van der Waals surface area contributed by atoms with Crippen LogP contribution in [0.25, 0.3) is 22.4 Å². The summed E-state index contributed by atoms with van der Waals surface area (Å²) >= 11 is 7.40. The lowest BCUT2D eigenvalue weighted by Gasteiger charge is -2.18. The summed E-state index contributed by atoms with van der Waals surface area (Å²) < 4.78 is 0. The van der Waals surface area contributed by atoms with Crippen LogP contribution in [0.3, 0.4) is 0 Å². The number of amides is 1. The van der Waals surface area contributed by atoms with E-state index in [0.717, 1.165) is 16.7 Å². The minimum absolute atomic E-state index is 0.0110. The van der Waals surface area contributed by atoms with E-state index in [9.17, 15) is 20.0 Å². The van der Waals surface area contributed by atoms with Crippen molar-refractivity contribution in [2.45, 2.75) is 23.6 Å². The van der Waals surface area contributed by atoms with E-state index < -0.39 is 11.2 Å². The molecular formula is C29H22ClN3O3S. The van der Waals surface area contributed by atoms with Crippen LogP contribution in [0.2, 0.25) is 5.02 Å². The number of carbonyl (C=O) groups is 2. The summed E-state index contributed by atoms with van der Waals surface area (Å²) in [7, 11) is 0. The summed E-state index contributed by atoms with van der Waals surface area (Å²) in [4.78, 5) is 29.4. The van der Waals surface area contributed by atoms with Crippen LogP contribution in [0.15, 0.2) is 90.0 Å². The Morgan fingerprint density at radius 1 is 1.03 bits per heavy atom. The molecule has 1 aromatic heterocycles. The molecule has 0 aliphatic heterocycles. The second kappa shape index (κ2) is 11.7. The molecule has 0 aliphatic rings. The number of carboxylic acids is 1. The first-order valence-electron chi connectivity index (χ1n) is 11.5. The Balaban J connectivity index is 1.73. The highest BCUT2D eigenvalue weighted by molar-refractivity contribution is 8.00. The number of aromatic nitrogens is 1. The number of pyridine rings is 1. The zero-order valence-electron chi connectivity index (χ0n) is 19.8. The molecule has 1 unspecified atom stereocenters. The molecule has 2 N–H and O–H groups in total. The third-order valence-corrected chi connectivity index (χ3v) is 7.32. The van der Waals surface area contributed by atoms with Gasteiger partial charge in [0.05, 0.1) is 32.8 Å². The second-order valence-corrected chi connectivity index (χ2v) is 9.68. The number of aromatic carboxylic acids is 1. The van der Waals surface area contributed by atoms with Crippen LogP contribution in [0, 0.1) is 11.3 Å². The van der Waals surface area contributed by atoms with Gasteiger partial charge in [-0.15, -0.1) is 0 Å². The van der Waals surface area contributed by atoms with Crippen molar-refractivity contribution < 1.29 is 14.7 Å². The molecule has 1 amide bonds. The Morgan fingerprint density at radius 3 is 2.27 bits per heavy atom. The van der Waals surface area contributed by atoms with Gasteiger partial charge in [0.2, 0.25) is 5.91 Å². The normalized spacial score (nSPS) is 11.4. The van der Waals surface area contributed by atoms with Crippen molar-refractivity contribution in [1.82, 2.24) is 4.98 Å². The summed E-state index contributed by atoms with van der Waals surface area (Å²) in [5.41, 5.74) is 3.78. The van der Waals surface area contributed by atoms with E-state index in [1.807, 2.05) is 73.7 Å². The highest BCUT2D eigenvalue weighted by atomic mass is 35.5. The van der Waals surface area contributed by atoms with Gasteiger partial charge in [0.1, 0.15) is 11.1 Å². The maximum atomic E-state index is 13.2. The summed E-state index contributed by atoms with van der Waals surface area (Å²) in [5, 5.41) is 22.2. The molecule has 0 saturated heterocycles. The standard InChI is InChI=1S/C29H22ClN3O3S/c1-2-26(27(34)32-25-15-20(29(35)36)13-14-23(25)30)37-28-22(17-31)21(18-9-5-3-6-10-18)16-24(33-28)19-11-7-4-8-12-19/h3-16,26H,2H2,1H3,(H,32,34)(H,35,36). The fourth-order valence-electron chi connectivity index (χ4n) is 3.74. The van der Waals surface area contributed by atoms with Crippen molar-refractivity contribution >= 4 is 40.9 Å². The smallest absolute Gasteiger partial charge is 0.335 e. The van der Waals surface area contributed by atoms with Gasteiger partial charge in [0, 0.05) is 11.1 Å². The second-order valence-electron chi connectivity index (χ2n) is 8.08. The topological polar surface area (TPSA) is 103 Å². The first kappa shape index (κ1) is 26.0. The van der Waals surface area contributed by atoms with Crippen LogP contribution < -0.4 is 5.32 Å². The van der Waals surface area contributed by atoms with Crippen LogP contribution in [0.5, 0.6) is 0 Å². The predicted molar refractivity (Wildman–Crippen MR) is 147 cm³/mol. The van der Waals surface area contributed by atoms with Gasteiger partial charge in [-0.25, -0.2) is 9.78 Å². The highest BCUT2D eigenvalue weighted by Crippen LogP contribution is 2.37. The molecule has 0 saturated carbocycles. The van der Waals surface area contributed by atoms with Crippen molar-refractivity contribution in [3.05, 3.63) is 101 Å². The number of nitriles is 1. The number of benzene rings is 3. The average molecular weight is 528 g/mol. The molecule has 8 heteroatoms. The van der Waals surface area contributed by atoms with Crippen molar-refractivity contribution in [3.8, 4) is 28.5 Å². The Hall–Kier alpha value is -4.12. The third-order valence-electron chi connectivity index (χ3n) is 5.64. The van der Waals surface area contributed by atoms with Crippen molar-refractivity contribution in [2.75, 3.05) is 5.32 Å². The number of carbonyl (C=O) groups excluding carboxylic acids is 1. The molecule has 0 aliphatic carbocycles. The molecule has 0 fully saturated rings. The first-order valence-corrected chi connectivity index (χ1v) is 12.7. The fourth-order valence-corrected chi connectivity index (χ4v) is 4.93. The maximum Gasteiger partial charge on any atom is 0.335 e. The van der Waals surface area contributed by atoms with Gasteiger partial charge in [-0.1, -0.05) is 91.0 Å². The van der Waals surface area contributed by atoms with Gasteiger partial charge in [-0.3, -0.25) is 4.79 Å². The van der Waals surface area contributed by atoms with E-state index in [1.165, 1.54) is 30.0 Å². The predicted octanol–water partition coefficient (Wildman–Crippen LogP) is 7.15. The van der Waals surface area contributed by atoms with Crippen molar-refractivity contribution in [1.29, 1.82) is 5.26 Å². The molecule has 1 heterocycles. The van der Waals surface area contributed by atoms with E-state index >= 15 is 0 Å². The van der Waals surface area contributed by atoms with Gasteiger partial charge < -0.3 is 10.4 Å². The Labute approximate surface area is 223 Å². The molecule has 6 nitrogen and oxygen atoms in total. The van der Waals surface area contributed by atoms with E-state index in [1.54, 1.807) is 0 Å². The fraction of sp³-hybridized carbons (Fsp3) is 0.103. The number of hydrogen-bond acceptors (Lipinski definition) is 5. The van der Waals surface area contributed by atoms with Gasteiger partial charge in [-0.2, -0.15) is 5.26 Å². The van der Waals surface area contributed by atoms with Gasteiger partial charge >= 0.3 is 5.97 Å². The van der Waals surface area contributed by atoms with Crippen LogP contribution in [0.1, 0.15) is 29.3 Å². The zero-order chi connectivity index (χ0) is 26.4. The molecule has 184 valence electrons. The van der Waals surface area contributed by atoms with Crippen molar-refractivity contribution in [3.63, 3.8) is 0 Å². The molecule has 0 spiro atoms. The van der Waals surface area contributed by atoms with Crippen LogP contribution in [-0.4, -0.2) is 27.2 Å². The van der Waals surface area contributed by atoms with E-state index in [0.29, 0.717) is 22.7 Å². The lowest BCUT2D eigenvalue weighted by atomic mass is 9.99. The Morgan fingerprint density at radius 2 is 1.68 bits per heavy atom. The van der Waals surface area contributed by atoms with Crippen molar-refractivity contribution in [2.24, 2.45) is 0 Å². The molecule has 0 bridgehead atoms. The summed E-state index contributed by atoms with van der Waals surface area (Å²) in [6.07, 6.45) is 0.440. The summed E-state index contributed by atoms with van der Waals surface area (Å²) in [5.74, 6) is -1.49. The Kier molecular flexibility index (Phi) is 8.24. The van der Waals surface area contributed by atoms with Gasteiger partial charge in [0.25, 0.3) is 0 Å². The number of halogens is 1. The minimum Gasteiger partial charge on any atom is -0.478 e. The zero-order valence-corrected chi connectivity index (χ0v) is 21.4. The number of anilines is 1. The number of hydrogen-bond donors (Lipinski definition) is 2.